The number of carbonyl (C=O) groups excluding carboxylic acids is 1. The van der Waals surface area contributed by atoms with Gasteiger partial charge >= 0.3 is 0 Å². The lowest BCUT2D eigenvalue weighted by atomic mass is 10.1. The molecular weight excluding hydrogens is 314 g/mol. The first kappa shape index (κ1) is 15.3. The van der Waals surface area contributed by atoms with Crippen LogP contribution in [0.3, 0.4) is 0 Å². The molecule has 0 aliphatic rings. The molecule has 5 N–H and O–H groups in total. The number of amides is 1. The monoisotopic (exact) mass is 325 g/mol. The van der Waals surface area contributed by atoms with E-state index in [-0.39, 0.29) is 21.8 Å². The number of hydrogen-bond donors (Lipinski definition) is 3. The van der Waals surface area contributed by atoms with Crippen LogP contribution in [-0.2, 0) is 10.0 Å². The molecule has 110 valence electrons. The van der Waals surface area contributed by atoms with Gasteiger partial charge in [0.25, 0.3) is 5.91 Å². The number of anilines is 2. The molecule has 0 atom stereocenters. The highest BCUT2D eigenvalue weighted by Crippen LogP contribution is 2.23. The van der Waals surface area contributed by atoms with Crippen molar-refractivity contribution in [2.75, 3.05) is 11.1 Å². The van der Waals surface area contributed by atoms with Crippen LogP contribution in [0.5, 0.6) is 0 Å². The van der Waals surface area contributed by atoms with Crippen LogP contribution in [-0.4, -0.2) is 14.3 Å². The van der Waals surface area contributed by atoms with Crippen LogP contribution in [0.1, 0.15) is 10.4 Å². The summed E-state index contributed by atoms with van der Waals surface area (Å²) in [6.45, 7) is 0. The third-order valence-electron chi connectivity index (χ3n) is 2.70. The summed E-state index contributed by atoms with van der Waals surface area (Å²) in [5, 5.41) is 7.91. The van der Waals surface area contributed by atoms with Crippen molar-refractivity contribution in [2.24, 2.45) is 5.14 Å². The second-order valence-electron chi connectivity index (χ2n) is 4.23. The molecule has 2 aromatic rings. The van der Waals surface area contributed by atoms with Crippen LogP contribution in [0.15, 0.2) is 47.4 Å². The van der Waals surface area contributed by atoms with Gasteiger partial charge in [0.05, 0.1) is 11.3 Å². The van der Waals surface area contributed by atoms with Gasteiger partial charge in [0.2, 0.25) is 10.0 Å². The third kappa shape index (κ3) is 3.52. The quantitative estimate of drug-likeness (QED) is 0.746. The molecule has 6 nitrogen and oxygen atoms in total. The van der Waals surface area contributed by atoms with Crippen LogP contribution in [0.2, 0.25) is 5.02 Å². The van der Waals surface area contributed by atoms with Gasteiger partial charge in [-0.3, -0.25) is 4.79 Å². The Labute approximate surface area is 126 Å². The SMILES string of the molecule is Nc1ccc(Cl)cc1C(=O)Nc1ccccc1S(N)(=O)=O. The number of benzene rings is 2. The molecule has 0 aliphatic heterocycles. The number of rotatable bonds is 3. The van der Waals surface area contributed by atoms with Crippen LogP contribution in [0, 0.1) is 0 Å². The summed E-state index contributed by atoms with van der Waals surface area (Å²) in [5.74, 6) is -0.578. The second-order valence-corrected chi connectivity index (χ2v) is 6.19. The first-order valence-corrected chi connectivity index (χ1v) is 7.69. The number of para-hydroxylation sites is 1. The highest BCUT2D eigenvalue weighted by atomic mass is 35.5. The molecule has 8 heteroatoms. The zero-order valence-corrected chi connectivity index (χ0v) is 12.3. The summed E-state index contributed by atoms with van der Waals surface area (Å²) >= 11 is 5.82. The Morgan fingerprint density at radius 1 is 1.14 bits per heavy atom. The molecule has 0 saturated heterocycles. The number of nitrogens with two attached hydrogens (primary N) is 2. The van der Waals surface area contributed by atoms with Crippen molar-refractivity contribution in [2.45, 2.75) is 4.90 Å². The smallest absolute Gasteiger partial charge is 0.257 e. The van der Waals surface area contributed by atoms with Crippen LogP contribution in [0.25, 0.3) is 0 Å². The van der Waals surface area contributed by atoms with Gasteiger partial charge in [0.1, 0.15) is 4.90 Å². The Kier molecular flexibility index (Phi) is 4.17. The lowest BCUT2D eigenvalue weighted by Crippen LogP contribution is -2.19. The predicted molar refractivity (Wildman–Crippen MR) is 81.6 cm³/mol. The van der Waals surface area contributed by atoms with Crippen molar-refractivity contribution in [1.82, 2.24) is 0 Å². The van der Waals surface area contributed by atoms with E-state index in [2.05, 4.69) is 5.32 Å². The van der Waals surface area contributed by atoms with Gasteiger partial charge in [-0.05, 0) is 30.3 Å². The maximum absolute atomic E-state index is 12.2. The van der Waals surface area contributed by atoms with E-state index in [9.17, 15) is 13.2 Å². The Bertz CT molecular complexity index is 806. The second kappa shape index (κ2) is 5.72. The highest BCUT2D eigenvalue weighted by molar-refractivity contribution is 7.89. The number of nitrogen functional groups attached to an aromatic ring is 1. The fourth-order valence-electron chi connectivity index (χ4n) is 1.73. The molecule has 0 bridgehead atoms. The lowest BCUT2D eigenvalue weighted by molar-refractivity contribution is 0.102. The normalized spacial score (nSPS) is 11.1. The molecule has 0 spiro atoms. The number of primary sulfonamides is 1. The molecule has 2 aromatic carbocycles. The van der Waals surface area contributed by atoms with Gasteiger partial charge in [-0.1, -0.05) is 23.7 Å². The van der Waals surface area contributed by atoms with E-state index in [1.165, 1.54) is 30.3 Å². The minimum absolute atomic E-state index is 0.0735. The predicted octanol–water partition coefficient (Wildman–Crippen LogP) is 1.82. The molecule has 2 rings (SSSR count). The number of sulfonamides is 1. The zero-order chi connectivity index (χ0) is 15.6. The van der Waals surface area contributed by atoms with Gasteiger partial charge in [0.15, 0.2) is 0 Å². The first-order valence-electron chi connectivity index (χ1n) is 5.77. The third-order valence-corrected chi connectivity index (χ3v) is 3.91. The minimum Gasteiger partial charge on any atom is -0.398 e. The number of hydrogen-bond acceptors (Lipinski definition) is 4. The molecule has 0 fully saturated rings. The number of carbonyl (C=O) groups is 1. The van der Waals surface area contributed by atoms with Crippen LogP contribution < -0.4 is 16.2 Å². The fourth-order valence-corrected chi connectivity index (χ4v) is 2.60. The van der Waals surface area contributed by atoms with E-state index in [1.54, 1.807) is 12.1 Å². The van der Waals surface area contributed by atoms with Crippen molar-refractivity contribution >= 4 is 38.9 Å². The highest BCUT2D eigenvalue weighted by Gasteiger charge is 2.17. The molecule has 1 amide bonds. The topological polar surface area (TPSA) is 115 Å². The Hall–Kier alpha value is -2.09. The average Bonchev–Trinajstić information content (AvgIpc) is 2.41. The summed E-state index contributed by atoms with van der Waals surface area (Å²) in [4.78, 5) is 12.0. The van der Waals surface area contributed by atoms with E-state index in [0.717, 1.165) is 0 Å². The van der Waals surface area contributed by atoms with Crippen molar-refractivity contribution in [3.63, 3.8) is 0 Å². The summed E-state index contributed by atoms with van der Waals surface area (Å²) in [7, 11) is -3.95. The van der Waals surface area contributed by atoms with Crippen molar-refractivity contribution < 1.29 is 13.2 Å². The molecule has 0 unspecified atom stereocenters. The van der Waals surface area contributed by atoms with E-state index in [0.29, 0.717) is 5.02 Å². The molecular formula is C13H12ClN3O3S. The Morgan fingerprint density at radius 3 is 2.48 bits per heavy atom. The Morgan fingerprint density at radius 2 is 1.81 bits per heavy atom. The van der Waals surface area contributed by atoms with E-state index >= 15 is 0 Å². The van der Waals surface area contributed by atoms with Crippen LogP contribution in [0.4, 0.5) is 11.4 Å². The summed E-state index contributed by atoms with van der Waals surface area (Å²) in [6.07, 6.45) is 0. The fraction of sp³-hybridized carbons (Fsp3) is 0. The lowest BCUT2D eigenvalue weighted by Gasteiger charge is -2.11. The van der Waals surface area contributed by atoms with Gasteiger partial charge in [-0.2, -0.15) is 0 Å². The number of halogens is 1. The van der Waals surface area contributed by atoms with E-state index < -0.39 is 15.9 Å². The zero-order valence-electron chi connectivity index (χ0n) is 10.7. The van der Waals surface area contributed by atoms with Gasteiger partial charge < -0.3 is 11.1 Å². The maximum Gasteiger partial charge on any atom is 0.257 e. The number of nitrogens with one attached hydrogen (secondary N) is 1. The van der Waals surface area contributed by atoms with Gasteiger partial charge in [-0.15, -0.1) is 0 Å². The molecule has 0 aliphatic carbocycles. The summed E-state index contributed by atoms with van der Waals surface area (Å²) in [5.41, 5.74) is 6.15. The summed E-state index contributed by atoms with van der Waals surface area (Å²) in [6, 6.07) is 10.2. The van der Waals surface area contributed by atoms with E-state index in [1.807, 2.05) is 0 Å². The molecule has 21 heavy (non-hydrogen) atoms. The van der Waals surface area contributed by atoms with Crippen molar-refractivity contribution in [3.8, 4) is 0 Å². The van der Waals surface area contributed by atoms with Gasteiger partial charge in [-0.25, -0.2) is 13.6 Å². The molecule has 0 heterocycles. The first-order chi connectivity index (χ1) is 9.79. The maximum atomic E-state index is 12.2. The average molecular weight is 326 g/mol. The van der Waals surface area contributed by atoms with Gasteiger partial charge in [0, 0.05) is 10.7 Å². The molecule has 0 aromatic heterocycles. The van der Waals surface area contributed by atoms with E-state index in [4.69, 9.17) is 22.5 Å². The summed E-state index contributed by atoms with van der Waals surface area (Å²) < 4.78 is 22.9. The molecule has 0 saturated carbocycles. The molecule has 0 radical (unpaired) electrons. The van der Waals surface area contributed by atoms with Crippen molar-refractivity contribution in [3.05, 3.63) is 53.1 Å². The largest absolute Gasteiger partial charge is 0.398 e. The van der Waals surface area contributed by atoms with Crippen molar-refractivity contribution in [1.29, 1.82) is 0 Å². The Balaban J connectivity index is 2.39. The van der Waals surface area contributed by atoms with Crippen LogP contribution >= 0.6 is 11.6 Å². The minimum atomic E-state index is -3.95. The standard InChI is InChI=1S/C13H12ClN3O3S/c14-8-5-6-10(15)9(7-8)13(18)17-11-3-1-2-4-12(11)21(16,19)20/h1-7H,15H2,(H,17,18)(H2,16,19,20).